The number of nitrogens with zero attached hydrogens (tertiary/aromatic N) is 4. The number of nitrogens with one attached hydrogen (secondary N) is 3. The fourth-order valence-electron chi connectivity index (χ4n) is 3.31. The summed E-state index contributed by atoms with van der Waals surface area (Å²) in [5.41, 5.74) is 3.50. The minimum absolute atomic E-state index is 0.116. The van der Waals surface area contributed by atoms with Gasteiger partial charge < -0.3 is 20.7 Å². The molecule has 3 heterocycles. The highest BCUT2D eigenvalue weighted by Crippen LogP contribution is 2.26. The Morgan fingerprint density at radius 1 is 1.12 bits per heavy atom. The maximum Gasteiger partial charge on any atom is 0.267 e. The van der Waals surface area contributed by atoms with Gasteiger partial charge in [0.1, 0.15) is 5.69 Å². The van der Waals surface area contributed by atoms with E-state index in [0.29, 0.717) is 23.0 Å². The van der Waals surface area contributed by atoms with E-state index in [1.54, 1.807) is 24.5 Å². The molecule has 0 fully saturated rings. The molecule has 0 bridgehead atoms. The molecule has 4 aromatic rings. The second kappa shape index (κ2) is 9.06. The van der Waals surface area contributed by atoms with Crippen molar-refractivity contribution >= 4 is 28.4 Å². The lowest BCUT2D eigenvalue weighted by molar-refractivity contribution is 0.0940. The van der Waals surface area contributed by atoms with Gasteiger partial charge in [-0.2, -0.15) is 5.26 Å². The number of aromatic amines is 1. The van der Waals surface area contributed by atoms with Crippen molar-refractivity contribution in [2.75, 3.05) is 18.5 Å². The summed E-state index contributed by atoms with van der Waals surface area (Å²) in [4.78, 5) is 28.4. The van der Waals surface area contributed by atoms with Crippen molar-refractivity contribution in [3.63, 3.8) is 0 Å². The summed E-state index contributed by atoms with van der Waals surface area (Å²) in [6.07, 6.45) is 3.32. The summed E-state index contributed by atoms with van der Waals surface area (Å²) in [5.74, 6) is 0.121. The number of carbonyl (C=O) groups is 1. The van der Waals surface area contributed by atoms with E-state index in [0.717, 1.165) is 22.2 Å². The van der Waals surface area contributed by atoms with E-state index in [4.69, 9.17) is 5.11 Å². The number of fused-ring (bicyclic) bond motifs is 1. The van der Waals surface area contributed by atoms with Gasteiger partial charge in [-0.15, -0.1) is 0 Å². The molecule has 0 saturated carbocycles. The zero-order valence-corrected chi connectivity index (χ0v) is 18.3. The molecule has 0 radical (unpaired) electrons. The highest BCUT2D eigenvalue weighted by molar-refractivity contribution is 5.98. The molecule has 0 aliphatic carbocycles. The first-order chi connectivity index (χ1) is 15.9. The van der Waals surface area contributed by atoms with Crippen molar-refractivity contribution in [3.05, 3.63) is 66.1 Å². The summed E-state index contributed by atoms with van der Waals surface area (Å²) < 4.78 is 0. The predicted molar refractivity (Wildman–Crippen MR) is 125 cm³/mol. The average Bonchev–Trinajstić information content (AvgIpc) is 3.26. The molecule has 0 atom stereocenters. The zero-order chi connectivity index (χ0) is 23.4. The Morgan fingerprint density at radius 2 is 1.94 bits per heavy atom. The highest BCUT2D eigenvalue weighted by atomic mass is 16.3. The molecule has 0 saturated heterocycles. The van der Waals surface area contributed by atoms with Crippen LogP contribution in [-0.2, 0) is 5.41 Å². The standard InChI is InChI=1S/C24H23N7O2/c1-24(2,14-25)16-5-7-26-20(13-16)19-6-8-28-23(31-19)29-17-3-4-18-15(11-17)12-21(30-18)22(33)27-9-10-32/h3-8,11-13,30,32H,9-10H2,1-2H3,(H,27,33)(H,28,29,31). The first kappa shape index (κ1) is 21.9. The van der Waals surface area contributed by atoms with E-state index in [1.807, 2.05) is 44.2 Å². The molecule has 166 valence electrons. The Hall–Kier alpha value is -4.29. The van der Waals surface area contributed by atoms with Gasteiger partial charge in [0.05, 0.1) is 29.5 Å². The second-order valence-electron chi connectivity index (χ2n) is 8.02. The molecule has 0 aliphatic heterocycles. The Labute approximate surface area is 190 Å². The van der Waals surface area contributed by atoms with Crippen molar-refractivity contribution in [2.45, 2.75) is 19.3 Å². The minimum atomic E-state index is -0.633. The zero-order valence-electron chi connectivity index (χ0n) is 18.3. The van der Waals surface area contributed by atoms with Gasteiger partial charge in [-0.3, -0.25) is 9.78 Å². The Bertz CT molecular complexity index is 1350. The van der Waals surface area contributed by atoms with Crippen molar-refractivity contribution in [3.8, 4) is 17.5 Å². The molecular formula is C24H23N7O2. The molecule has 0 aliphatic rings. The molecule has 1 amide bonds. The van der Waals surface area contributed by atoms with Crippen LogP contribution in [0.3, 0.4) is 0 Å². The smallest absolute Gasteiger partial charge is 0.267 e. The van der Waals surface area contributed by atoms with Crippen LogP contribution in [0.5, 0.6) is 0 Å². The third-order valence-corrected chi connectivity index (χ3v) is 5.20. The van der Waals surface area contributed by atoms with Crippen molar-refractivity contribution < 1.29 is 9.90 Å². The fraction of sp³-hybridized carbons (Fsp3) is 0.208. The normalized spacial score (nSPS) is 11.2. The number of rotatable bonds is 7. The van der Waals surface area contributed by atoms with Crippen LogP contribution < -0.4 is 10.6 Å². The Morgan fingerprint density at radius 3 is 2.73 bits per heavy atom. The summed E-state index contributed by atoms with van der Waals surface area (Å²) in [5, 5.41) is 24.9. The van der Waals surface area contributed by atoms with E-state index in [-0.39, 0.29) is 19.1 Å². The van der Waals surface area contributed by atoms with Gasteiger partial charge in [0.15, 0.2) is 0 Å². The van der Waals surface area contributed by atoms with Gasteiger partial charge in [-0.25, -0.2) is 9.97 Å². The number of hydrogen-bond donors (Lipinski definition) is 4. The molecule has 33 heavy (non-hydrogen) atoms. The van der Waals surface area contributed by atoms with Crippen LogP contribution in [0, 0.1) is 11.3 Å². The largest absolute Gasteiger partial charge is 0.395 e. The van der Waals surface area contributed by atoms with E-state index >= 15 is 0 Å². The van der Waals surface area contributed by atoms with Crippen LogP contribution >= 0.6 is 0 Å². The summed E-state index contributed by atoms with van der Waals surface area (Å²) in [6, 6.07) is 15.1. The van der Waals surface area contributed by atoms with Crippen LogP contribution in [0.1, 0.15) is 29.9 Å². The predicted octanol–water partition coefficient (Wildman–Crippen LogP) is 3.29. The third-order valence-electron chi connectivity index (χ3n) is 5.20. The maximum absolute atomic E-state index is 12.1. The average molecular weight is 441 g/mol. The van der Waals surface area contributed by atoms with Gasteiger partial charge in [-0.05, 0) is 61.9 Å². The number of hydrogen-bond acceptors (Lipinski definition) is 7. The Balaban J connectivity index is 1.57. The molecule has 9 heteroatoms. The topological polar surface area (TPSA) is 140 Å². The van der Waals surface area contributed by atoms with Crippen LogP contribution in [-0.4, -0.2) is 44.1 Å². The lowest BCUT2D eigenvalue weighted by atomic mass is 9.86. The lowest BCUT2D eigenvalue weighted by Gasteiger charge is -2.16. The van der Waals surface area contributed by atoms with Gasteiger partial charge in [-0.1, -0.05) is 0 Å². The minimum Gasteiger partial charge on any atom is -0.395 e. The lowest BCUT2D eigenvalue weighted by Crippen LogP contribution is -2.26. The number of aliphatic hydroxyl groups is 1. The number of pyridine rings is 1. The third kappa shape index (κ3) is 4.81. The van der Waals surface area contributed by atoms with E-state index < -0.39 is 5.41 Å². The Kier molecular flexibility index (Phi) is 6.02. The molecule has 4 N–H and O–H groups in total. The van der Waals surface area contributed by atoms with Crippen molar-refractivity contribution in [2.24, 2.45) is 0 Å². The number of H-pyrrole nitrogens is 1. The molecule has 9 nitrogen and oxygen atoms in total. The number of carbonyl (C=O) groups excluding carboxylic acids is 1. The van der Waals surface area contributed by atoms with Crippen LogP contribution in [0.4, 0.5) is 11.6 Å². The number of nitriles is 1. The fourth-order valence-corrected chi connectivity index (χ4v) is 3.31. The highest BCUT2D eigenvalue weighted by Gasteiger charge is 2.20. The van der Waals surface area contributed by atoms with E-state index in [1.165, 1.54) is 0 Å². The molecule has 3 aromatic heterocycles. The molecule has 0 unspecified atom stereocenters. The van der Waals surface area contributed by atoms with E-state index in [2.05, 4.69) is 36.6 Å². The number of aromatic nitrogens is 4. The molecule has 4 rings (SSSR count). The number of amides is 1. The SMILES string of the molecule is CC(C)(C#N)c1ccnc(-c2ccnc(Nc3ccc4[nH]c(C(=O)NCCO)cc4c3)n2)c1. The molecule has 0 spiro atoms. The van der Waals surface area contributed by atoms with Gasteiger partial charge >= 0.3 is 0 Å². The first-order valence-corrected chi connectivity index (χ1v) is 10.4. The molecular weight excluding hydrogens is 418 g/mol. The summed E-state index contributed by atoms with van der Waals surface area (Å²) >= 11 is 0. The monoisotopic (exact) mass is 441 g/mol. The first-order valence-electron chi connectivity index (χ1n) is 10.4. The van der Waals surface area contributed by atoms with E-state index in [9.17, 15) is 10.1 Å². The molecule has 1 aromatic carbocycles. The van der Waals surface area contributed by atoms with Crippen LogP contribution in [0.15, 0.2) is 54.9 Å². The van der Waals surface area contributed by atoms with Gasteiger partial charge in [0, 0.05) is 35.5 Å². The van der Waals surface area contributed by atoms with Crippen LogP contribution in [0.25, 0.3) is 22.3 Å². The quantitative estimate of drug-likeness (QED) is 0.345. The van der Waals surface area contributed by atoms with Gasteiger partial charge in [0.25, 0.3) is 5.91 Å². The summed E-state index contributed by atoms with van der Waals surface area (Å²) in [7, 11) is 0. The van der Waals surface area contributed by atoms with Crippen molar-refractivity contribution in [1.29, 1.82) is 5.26 Å². The number of benzene rings is 1. The van der Waals surface area contributed by atoms with Gasteiger partial charge in [0.2, 0.25) is 5.95 Å². The number of anilines is 2. The maximum atomic E-state index is 12.1. The second-order valence-corrected chi connectivity index (χ2v) is 8.02. The summed E-state index contributed by atoms with van der Waals surface area (Å²) in [6.45, 7) is 3.80. The number of aliphatic hydroxyl groups excluding tert-OH is 1. The van der Waals surface area contributed by atoms with Crippen molar-refractivity contribution in [1.82, 2.24) is 25.3 Å². The van der Waals surface area contributed by atoms with Crippen LogP contribution in [0.2, 0.25) is 0 Å².